The Morgan fingerprint density at radius 1 is 1.25 bits per heavy atom. The molecule has 0 spiro atoms. The van der Waals surface area contributed by atoms with Crippen LogP contribution in [0.2, 0.25) is 0 Å². The number of fused-ring (bicyclic) bond motifs is 1. The fourth-order valence-electron chi connectivity index (χ4n) is 2.49. The predicted molar refractivity (Wildman–Crippen MR) is 107 cm³/mol. The van der Waals surface area contributed by atoms with Crippen molar-refractivity contribution in [3.05, 3.63) is 53.7 Å². The van der Waals surface area contributed by atoms with Crippen LogP contribution in [0.1, 0.15) is 17.1 Å². The van der Waals surface area contributed by atoms with Gasteiger partial charge in [0, 0.05) is 14.1 Å². The van der Waals surface area contributed by atoms with Gasteiger partial charge in [0.2, 0.25) is 0 Å². The van der Waals surface area contributed by atoms with Gasteiger partial charge in [-0.05, 0) is 36.8 Å². The number of halogens is 1. The maximum atomic E-state index is 5.30. The Balaban J connectivity index is 0.00000208. The first-order valence-electron chi connectivity index (χ1n) is 7.56. The molecule has 0 saturated carbocycles. The van der Waals surface area contributed by atoms with Crippen molar-refractivity contribution < 1.29 is 4.42 Å². The molecule has 0 unspecified atom stereocenters. The van der Waals surface area contributed by atoms with E-state index in [0.717, 1.165) is 22.6 Å². The Hall–Kier alpha value is -2.03. The van der Waals surface area contributed by atoms with Crippen LogP contribution in [-0.2, 0) is 20.1 Å². The van der Waals surface area contributed by atoms with Crippen LogP contribution in [0.4, 0.5) is 0 Å². The monoisotopic (exact) mass is 439 g/mol. The highest BCUT2D eigenvalue weighted by molar-refractivity contribution is 14.0. The van der Waals surface area contributed by atoms with Gasteiger partial charge in [0.05, 0.1) is 30.4 Å². The van der Waals surface area contributed by atoms with Gasteiger partial charge >= 0.3 is 0 Å². The van der Waals surface area contributed by atoms with E-state index in [4.69, 9.17) is 4.42 Å². The molecule has 7 heteroatoms. The minimum absolute atomic E-state index is 0. The standard InChI is InChI=1S/C17H21N5O.HI/c1-12-6-7-15-14(9-12)21-16(22(15)3)11-20-17(18-2)19-10-13-5-4-8-23-13;/h4-9H,10-11H2,1-3H3,(H2,18,19,20);1H. The van der Waals surface area contributed by atoms with Gasteiger partial charge in [-0.25, -0.2) is 4.98 Å². The van der Waals surface area contributed by atoms with Crippen LogP contribution in [0, 0.1) is 6.92 Å². The molecule has 3 aromatic rings. The number of hydrogen-bond acceptors (Lipinski definition) is 3. The molecule has 0 saturated heterocycles. The zero-order valence-electron chi connectivity index (χ0n) is 14.0. The topological polar surface area (TPSA) is 67.4 Å². The van der Waals surface area contributed by atoms with Crippen LogP contribution in [0.25, 0.3) is 11.0 Å². The summed E-state index contributed by atoms with van der Waals surface area (Å²) in [7, 11) is 3.77. The molecule has 0 aliphatic carbocycles. The number of aryl methyl sites for hydroxylation is 2. The number of aliphatic imine (C=N–C) groups is 1. The molecule has 0 aliphatic heterocycles. The molecule has 0 aliphatic rings. The molecule has 0 amide bonds. The highest BCUT2D eigenvalue weighted by Gasteiger charge is 2.08. The average Bonchev–Trinajstić information content (AvgIpc) is 3.16. The summed E-state index contributed by atoms with van der Waals surface area (Å²) < 4.78 is 7.40. The number of nitrogens with one attached hydrogen (secondary N) is 2. The normalized spacial score (nSPS) is 11.4. The second-order valence-electron chi connectivity index (χ2n) is 5.44. The SMILES string of the molecule is CN=C(NCc1ccco1)NCc1nc2cc(C)ccc2n1C.I. The van der Waals surface area contributed by atoms with E-state index in [9.17, 15) is 0 Å². The summed E-state index contributed by atoms with van der Waals surface area (Å²) in [6.45, 7) is 3.27. The van der Waals surface area contributed by atoms with Crippen molar-refractivity contribution in [1.82, 2.24) is 20.2 Å². The highest BCUT2D eigenvalue weighted by Crippen LogP contribution is 2.16. The van der Waals surface area contributed by atoms with E-state index in [2.05, 4.69) is 50.3 Å². The van der Waals surface area contributed by atoms with Crippen molar-refractivity contribution in [2.24, 2.45) is 12.0 Å². The minimum Gasteiger partial charge on any atom is -0.467 e. The molecular weight excluding hydrogens is 417 g/mol. The summed E-state index contributed by atoms with van der Waals surface area (Å²) in [5.41, 5.74) is 3.36. The van der Waals surface area contributed by atoms with Crippen LogP contribution in [-0.4, -0.2) is 22.6 Å². The summed E-state index contributed by atoms with van der Waals surface area (Å²) in [6.07, 6.45) is 1.66. The van der Waals surface area contributed by atoms with E-state index in [0.29, 0.717) is 19.0 Å². The van der Waals surface area contributed by atoms with Crippen molar-refractivity contribution in [3.63, 3.8) is 0 Å². The second-order valence-corrected chi connectivity index (χ2v) is 5.44. The van der Waals surface area contributed by atoms with E-state index in [-0.39, 0.29) is 24.0 Å². The van der Waals surface area contributed by atoms with Gasteiger partial charge in [-0.1, -0.05) is 6.07 Å². The number of furan rings is 1. The Morgan fingerprint density at radius 3 is 2.75 bits per heavy atom. The first-order valence-corrected chi connectivity index (χ1v) is 7.56. The summed E-state index contributed by atoms with van der Waals surface area (Å²) in [5.74, 6) is 2.54. The summed E-state index contributed by atoms with van der Waals surface area (Å²) in [4.78, 5) is 8.90. The fourth-order valence-corrected chi connectivity index (χ4v) is 2.49. The van der Waals surface area contributed by atoms with Gasteiger partial charge in [-0.3, -0.25) is 4.99 Å². The van der Waals surface area contributed by atoms with Crippen LogP contribution < -0.4 is 10.6 Å². The molecule has 0 bridgehead atoms. The van der Waals surface area contributed by atoms with Crippen LogP contribution in [0.5, 0.6) is 0 Å². The van der Waals surface area contributed by atoms with Crippen LogP contribution in [0.15, 0.2) is 46.0 Å². The van der Waals surface area contributed by atoms with Crippen molar-refractivity contribution in [3.8, 4) is 0 Å². The summed E-state index contributed by atoms with van der Waals surface area (Å²) in [5, 5.41) is 6.49. The quantitative estimate of drug-likeness (QED) is 0.373. The number of hydrogen-bond donors (Lipinski definition) is 2. The van der Waals surface area contributed by atoms with E-state index < -0.39 is 0 Å². The third-order valence-corrected chi connectivity index (χ3v) is 3.78. The number of imidazole rings is 1. The maximum absolute atomic E-state index is 5.30. The number of nitrogens with zero attached hydrogens (tertiary/aromatic N) is 3. The van der Waals surface area contributed by atoms with E-state index in [1.807, 2.05) is 19.2 Å². The van der Waals surface area contributed by atoms with Gasteiger partial charge in [0.1, 0.15) is 11.6 Å². The maximum Gasteiger partial charge on any atom is 0.191 e. The number of rotatable bonds is 4. The van der Waals surface area contributed by atoms with E-state index in [1.54, 1.807) is 13.3 Å². The first kappa shape index (κ1) is 18.3. The van der Waals surface area contributed by atoms with Crippen molar-refractivity contribution in [2.75, 3.05) is 7.05 Å². The molecule has 0 radical (unpaired) electrons. The lowest BCUT2D eigenvalue weighted by Gasteiger charge is -2.10. The molecule has 3 rings (SSSR count). The molecular formula is C17H22IN5O. The molecule has 128 valence electrons. The summed E-state index contributed by atoms with van der Waals surface area (Å²) in [6, 6.07) is 10.1. The fraction of sp³-hybridized carbons (Fsp3) is 0.294. The van der Waals surface area contributed by atoms with Gasteiger partial charge < -0.3 is 19.6 Å². The molecule has 2 N–H and O–H groups in total. The third kappa shape index (κ3) is 4.08. The lowest BCUT2D eigenvalue weighted by molar-refractivity contribution is 0.501. The zero-order valence-corrected chi connectivity index (χ0v) is 16.4. The van der Waals surface area contributed by atoms with Crippen molar-refractivity contribution in [1.29, 1.82) is 0 Å². The van der Waals surface area contributed by atoms with E-state index in [1.165, 1.54) is 5.56 Å². The van der Waals surface area contributed by atoms with Gasteiger partial charge in [-0.2, -0.15) is 0 Å². The largest absolute Gasteiger partial charge is 0.467 e. The lowest BCUT2D eigenvalue weighted by Crippen LogP contribution is -2.36. The Kier molecular flexibility index (Phi) is 6.24. The lowest BCUT2D eigenvalue weighted by atomic mass is 10.2. The Labute approximate surface area is 158 Å². The smallest absolute Gasteiger partial charge is 0.191 e. The highest BCUT2D eigenvalue weighted by atomic mass is 127. The number of guanidine groups is 1. The van der Waals surface area contributed by atoms with Crippen molar-refractivity contribution in [2.45, 2.75) is 20.0 Å². The molecule has 6 nitrogen and oxygen atoms in total. The number of aromatic nitrogens is 2. The number of benzene rings is 1. The van der Waals surface area contributed by atoms with E-state index >= 15 is 0 Å². The average molecular weight is 439 g/mol. The van der Waals surface area contributed by atoms with Crippen LogP contribution >= 0.6 is 24.0 Å². The molecule has 0 atom stereocenters. The predicted octanol–water partition coefficient (Wildman–Crippen LogP) is 2.96. The molecule has 2 heterocycles. The zero-order chi connectivity index (χ0) is 16.2. The van der Waals surface area contributed by atoms with Gasteiger partial charge in [-0.15, -0.1) is 24.0 Å². The molecule has 1 aromatic carbocycles. The Morgan fingerprint density at radius 2 is 2.04 bits per heavy atom. The molecule has 2 aromatic heterocycles. The Bertz CT molecular complexity index is 823. The summed E-state index contributed by atoms with van der Waals surface area (Å²) >= 11 is 0. The molecule has 24 heavy (non-hydrogen) atoms. The third-order valence-electron chi connectivity index (χ3n) is 3.78. The van der Waals surface area contributed by atoms with Crippen LogP contribution in [0.3, 0.4) is 0 Å². The molecule has 0 fully saturated rings. The first-order chi connectivity index (χ1) is 11.2. The second kappa shape index (κ2) is 8.18. The van der Waals surface area contributed by atoms with Gasteiger partial charge in [0.15, 0.2) is 5.96 Å². The van der Waals surface area contributed by atoms with Crippen molar-refractivity contribution >= 4 is 41.0 Å². The minimum atomic E-state index is 0. The van der Waals surface area contributed by atoms with Gasteiger partial charge in [0.25, 0.3) is 0 Å².